The zero-order valence-corrected chi connectivity index (χ0v) is 10.4. The van der Waals surface area contributed by atoms with Gasteiger partial charge < -0.3 is 10.0 Å². The number of amides is 1. The molecule has 7 heteroatoms. The molecule has 98 valence electrons. The molecule has 0 saturated carbocycles. The molecule has 0 spiro atoms. The van der Waals surface area contributed by atoms with Crippen LogP contribution in [0.25, 0.3) is 0 Å². The third-order valence-electron chi connectivity index (χ3n) is 2.90. The van der Waals surface area contributed by atoms with Crippen molar-refractivity contribution >= 4 is 12.0 Å². The fraction of sp³-hybridized carbons (Fsp3) is 0.545. The topological polar surface area (TPSA) is 89.8 Å². The van der Waals surface area contributed by atoms with E-state index in [0.29, 0.717) is 18.7 Å². The van der Waals surface area contributed by atoms with Gasteiger partial charge >= 0.3 is 6.09 Å². The average molecular weight is 252 g/mol. The molecule has 0 bridgehead atoms. The van der Waals surface area contributed by atoms with E-state index in [1.54, 1.807) is 6.20 Å². The van der Waals surface area contributed by atoms with E-state index < -0.39 is 6.09 Å². The van der Waals surface area contributed by atoms with Crippen LogP contribution in [0.15, 0.2) is 6.20 Å². The second kappa shape index (κ2) is 4.77. The fourth-order valence-corrected chi connectivity index (χ4v) is 1.80. The highest BCUT2D eigenvalue weighted by Crippen LogP contribution is 2.19. The van der Waals surface area contributed by atoms with Crippen molar-refractivity contribution in [2.24, 2.45) is 0 Å². The Balaban J connectivity index is 2.26. The van der Waals surface area contributed by atoms with Crippen LogP contribution < -0.4 is 5.06 Å². The Hall–Kier alpha value is -1.89. The Morgan fingerprint density at radius 2 is 2.28 bits per heavy atom. The number of nitrogens with zero attached hydrogens (tertiary/aromatic N) is 4. The van der Waals surface area contributed by atoms with E-state index >= 15 is 0 Å². The maximum absolute atomic E-state index is 10.9. The maximum atomic E-state index is 10.9. The van der Waals surface area contributed by atoms with Gasteiger partial charge in [0, 0.05) is 12.7 Å². The molecule has 18 heavy (non-hydrogen) atoms. The van der Waals surface area contributed by atoms with Crippen molar-refractivity contribution in [1.29, 1.82) is 0 Å². The molecule has 2 N–H and O–H groups in total. The van der Waals surface area contributed by atoms with Crippen molar-refractivity contribution in [1.82, 2.24) is 14.9 Å². The third-order valence-corrected chi connectivity index (χ3v) is 2.90. The number of hydrogen-bond donors (Lipinski definition) is 2. The zero-order valence-electron chi connectivity index (χ0n) is 10.4. The van der Waals surface area contributed by atoms with Gasteiger partial charge in [-0.2, -0.15) is 0 Å². The molecule has 2 heterocycles. The monoisotopic (exact) mass is 252 g/mol. The van der Waals surface area contributed by atoms with Crippen molar-refractivity contribution in [3.63, 3.8) is 0 Å². The Labute approximate surface area is 105 Å². The summed E-state index contributed by atoms with van der Waals surface area (Å²) in [6, 6.07) is -0.137. The molecule has 0 radical (unpaired) electrons. The smallest absolute Gasteiger partial charge is 0.407 e. The van der Waals surface area contributed by atoms with Crippen LogP contribution >= 0.6 is 0 Å². The molecule has 0 atom stereocenters. The normalized spacial score (nSPS) is 14.6. The second-order valence-corrected chi connectivity index (χ2v) is 4.53. The summed E-state index contributed by atoms with van der Waals surface area (Å²) < 4.78 is 0. The lowest BCUT2D eigenvalue weighted by Crippen LogP contribution is -2.36. The van der Waals surface area contributed by atoms with Crippen molar-refractivity contribution in [2.75, 3.05) is 11.6 Å². The average Bonchev–Trinajstić information content (AvgIpc) is 2.36. The Morgan fingerprint density at radius 3 is 2.89 bits per heavy atom. The summed E-state index contributed by atoms with van der Waals surface area (Å²) in [4.78, 5) is 20.5. The van der Waals surface area contributed by atoms with E-state index in [0.717, 1.165) is 10.6 Å². The van der Waals surface area contributed by atoms with Gasteiger partial charge in [0.25, 0.3) is 0 Å². The Bertz CT molecular complexity index is 464. The molecule has 2 rings (SSSR count). The van der Waals surface area contributed by atoms with Crippen LogP contribution in [0.1, 0.15) is 25.1 Å². The van der Waals surface area contributed by atoms with Crippen molar-refractivity contribution in [3.05, 3.63) is 17.5 Å². The van der Waals surface area contributed by atoms with Crippen molar-refractivity contribution in [2.45, 2.75) is 32.9 Å². The van der Waals surface area contributed by atoms with Gasteiger partial charge in [0.05, 0.1) is 18.3 Å². The van der Waals surface area contributed by atoms with Crippen LogP contribution in [0.5, 0.6) is 0 Å². The first-order valence-electron chi connectivity index (χ1n) is 5.80. The minimum Gasteiger partial charge on any atom is -0.465 e. The third kappa shape index (κ3) is 2.35. The van der Waals surface area contributed by atoms with Crippen LogP contribution in [-0.4, -0.2) is 43.9 Å². The Morgan fingerprint density at radius 1 is 1.56 bits per heavy atom. The van der Waals surface area contributed by atoms with Crippen molar-refractivity contribution in [3.8, 4) is 0 Å². The van der Waals surface area contributed by atoms with Gasteiger partial charge in [-0.15, -0.1) is 0 Å². The second-order valence-electron chi connectivity index (χ2n) is 4.53. The molecule has 0 aromatic carbocycles. The van der Waals surface area contributed by atoms with Gasteiger partial charge in [-0.1, -0.05) is 0 Å². The highest BCUT2D eigenvalue weighted by Gasteiger charge is 2.23. The summed E-state index contributed by atoms with van der Waals surface area (Å²) >= 11 is 0. The molecule has 0 unspecified atom stereocenters. The lowest BCUT2D eigenvalue weighted by atomic mass is 10.1. The molecular formula is C11H16N4O3. The van der Waals surface area contributed by atoms with Crippen LogP contribution in [0.2, 0.25) is 0 Å². The summed E-state index contributed by atoms with van der Waals surface area (Å²) in [5, 5.41) is 19.7. The molecule has 1 amide bonds. The molecule has 1 aromatic heterocycles. The summed E-state index contributed by atoms with van der Waals surface area (Å²) in [5.41, 5.74) is 1.60. The first-order chi connectivity index (χ1) is 8.49. The minimum atomic E-state index is -0.953. The summed E-state index contributed by atoms with van der Waals surface area (Å²) in [6.45, 7) is 4.32. The number of rotatable bonds is 2. The zero-order chi connectivity index (χ0) is 13.3. The number of hydroxylamine groups is 1. The van der Waals surface area contributed by atoms with Gasteiger partial charge in [0.2, 0.25) is 5.95 Å². The number of hydrogen-bond acceptors (Lipinski definition) is 5. The minimum absolute atomic E-state index is 0.137. The van der Waals surface area contributed by atoms with Gasteiger partial charge in [0.15, 0.2) is 0 Å². The van der Waals surface area contributed by atoms with Gasteiger partial charge in [-0.25, -0.2) is 19.8 Å². The van der Waals surface area contributed by atoms with E-state index in [9.17, 15) is 10.0 Å². The number of aromatic nitrogens is 2. The van der Waals surface area contributed by atoms with E-state index in [4.69, 9.17) is 5.11 Å². The van der Waals surface area contributed by atoms with Crippen LogP contribution in [0.4, 0.5) is 10.7 Å². The number of carboxylic acid groups (broad SMARTS) is 1. The van der Waals surface area contributed by atoms with E-state index in [2.05, 4.69) is 9.97 Å². The van der Waals surface area contributed by atoms with Gasteiger partial charge in [-0.05, 0) is 25.8 Å². The molecule has 7 nitrogen and oxygen atoms in total. The largest absolute Gasteiger partial charge is 0.465 e. The molecule has 0 saturated heterocycles. The van der Waals surface area contributed by atoms with E-state index in [-0.39, 0.29) is 18.5 Å². The maximum Gasteiger partial charge on any atom is 0.407 e. The number of carbonyl (C=O) groups is 1. The van der Waals surface area contributed by atoms with Crippen LogP contribution in [0.3, 0.4) is 0 Å². The lowest BCUT2D eigenvalue weighted by molar-refractivity contribution is 0.139. The molecule has 1 aromatic rings. The van der Waals surface area contributed by atoms with Crippen molar-refractivity contribution < 1.29 is 15.1 Å². The first-order valence-corrected chi connectivity index (χ1v) is 5.80. The molecule has 1 aliphatic rings. The highest BCUT2D eigenvalue weighted by molar-refractivity contribution is 5.65. The summed E-state index contributed by atoms with van der Waals surface area (Å²) in [5.74, 6) is 0.205. The van der Waals surface area contributed by atoms with Crippen LogP contribution in [0, 0.1) is 0 Å². The SMILES string of the molecule is CC(C)N(O)c1ncc2c(n1)CN(C(=O)O)CC2. The highest BCUT2D eigenvalue weighted by atomic mass is 16.5. The number of fused-ring (bicyclic) bond motifs is 1. The van der Waals surface area contributed by atoms with E-state index in [1.807, 2.05) is 13.8 Å². The summed E-state index contributed by atoms with van der Waals surface area (Å²) in [6.07, 6.45) is 1.31. The van der Waals surface area contributed by atoms with Crippen LogP contribution in [-0.2, 0) is 13.0 Å². The first kappa shape index (κ1) is 12.6. The molecule has 1 aliphatic heterocycles. The number of anilines is 1. The lowest BCUT2D eigenvalue weighted by Gasteiger charge is -2.26. The Kier molecular flexibility index (Phi) is 3.33. The summed E-state index contributed by atoms with van der Waals surface area (Å²) in [7, 11) is 0. The standard InChI is InChI=1S/C11H16N4O3/c1-7(2)15(18)10-12-5-8-3-4-14(11(16)17)6-9(8)13-10/h5,7,18H,3-4,6H2,1-2H3,(H,16,17). The van der Waals surface area contributed by atoms with Gasteiger partial charge in [-0.3, -0.25) is 5.21 Å². The van der Waals surface area contributed by atoms with Gasteiger partial charge in [0.1, 0.15) is 0 Å². The molecule has 0 fully saturated rings. The quantitative estimate of drug-likeness (QED) is 0.766. The predicted octanol–water partition coefficient (Wildman–Crippen LogP) is 1.12. The predicted molar refractivity (Wildman–Crippen MR) is 63.6 cm³/mol. The molecular weight excluding hydrogens is 236 g/mol. The molecule has 0 aliphatic carbocycles. The fourth-order valence-electron chi connectivity index (χ4n) is 1.80. The van der Waals surface area contributed by atoms with E-state index in [1.165, 1.54) is 4.90 Å².